The molecule has 0 fully saturated rings. The maximum Gasteiger partial charge on any atom is 0.472 e. The molecule has 85 heavy (non-hydrogen) atoms. The van der Waals surface area contributed by atoms with Crippen LogP contribution in [0.5, 0.6) is 0 Å². The molecular formula is C75H149NO8P+. The van der Waals surface area contributed by atoms with E-state index in [1.807, 2.05) is 21.1 Å². The van der Waals surface area contributed by atoms with Gasteiger partial charge in [0.2, 0.25) is 0 Å². The second-order valence-corrected chi connectivity index (χ2v) is 28.9. The minimum Gasteiger partial charge on any atom is -0.462 e. The number of ether oxygens (including phenoxy) is 2. The zero-order valence-electron chi connectivity index (χ0n) is 57.9. The van der Waals surface area contributed by atoms with Gasteiger partial charge in [-0.25, -0.2) is 4.57 Å². The third kappa shape index (κ3) is 71.7. The Kier molecular flexibility index (Phi) is 66.2. The zero-order chi connectivity index (χ0) is 61.9. The molecule has 10 heteroatoms. The summed E-state index contributed by atoms with van der Waals surface area (Å²) in [6.45, 7) is 4.52. The fraction of sp³-hybridized carbons (Fsp3) is 0.947. The van der Waals surface area contributed by atoms with Crippen molar-refractivity contribution >= 4 is 19.8 Å². The number of hydrogen-bond acceptors (Lipinski definition) is 7. The lowest BCUT2D eigenvalue weighted by Crippen LogP contribution is -2.37. The second kappa shape index (κ2) is 67.2. The van der Waals surface area contributed by atoms with E-state index in [1.54, 1.807) is 0 Å². The number of phosphoric ester groups is 1. The number of rotatable bonds is 72. The summed E-state index contributed by atoms with van der Waals surface area (Å²) in [6, 6.07) is 0. The molecule has 0 aromatic heterocycles. The Morgan fingerprint density at radius 2 is 0.600 bits per heavy atom. The Morgan fingerprint density at radius 3 is 0.871 bits per heavy atom. The van der Waals surface area contributed by atoms with Crippen LogP contribution in [0.3, 0.4) is 0 Å². The molecular weight excluding hydrogens is 1070 g/mol. The quantitative estimate of drug-likeness (QED) is 0.0211. The first-order valence-electron chi connectivity index (χ1n) is 37.9. The van der Waals surface area contributed by atoms with Crippen molar-refractivity contribution in [2.75, 3.05) is 47.5 Å². The van der Waals surface area contributed by atoms with Crippen molar-refractivity contribution in [3.05, 3.63) is 12.2 Å². The Bertz CT molecular complexity index is 1440. The van der Waals surface area contributed by atoms with Crippen LogP contribution in [0, 0.1) is 0 Å². The van der Waals surface area contributed by atoms with Crippen LogP contribution in [0.1, 0.15) is 406 Å². The molecule has 506 valence electrons. The van der Waals surface area contributed by atoms with Crippen LogP contribution >= 0.6 is 7.82 Å². The lowest BCUT2D eigenvalue weighted by atomic mass is 10.0. The molecule has 0 aromatic rings. The van der Waals surface area contributed by atoms with Crippen molar-refractivity contribution in [1.29, 1.82) is 0 Å². The van der Waals surface area contributed by atoms with Crippen LogP contribution in [-0.4, -0.2) is 74.9 Å². The summed E-state index contributed by atoms with van der Waals surface area (Å²) in [6.07, 6.45) is 83.6. The number of likely N-dealkylation sites (N-methyl/N-ethyl adjacent to an activating group) is 1. The van der Waals surface area contributed by atoms with Gasteiger partial charge in [0.1, 0.15) is 19.8 Å². The van der Waals surface area contributed by atoms with Gasteiger partial charge in [0.05, 0.1) is 27.7 Å². The Morgan fingerprint density at radius 1 is 0.353 bits per heavy atom. The van der Waals surface area contributed by atoms with E-state index in [0.29, 0.717) is 17.4 Å². The number of quaternary nitrogens is 1. The van der Waals surface area contributed by atoms with Crippen molar-refractivity contribution in [3.63, 3.8) is 0 Å². The monoisotopic (exact) mass is 1220 g/mol. The third-order valence-corrected chi connectivity index (χ3v) is 18.5. The molecule has 0 radical (unpaired) electrons. The third-order valence-electron chi connectivity index (χ3n) is 17.5. The molecule has 0 aromatic carbocycles. The number of hydrogen-bond donors (Lipinski definition) is 1. The van der Waals surface area contributed by atoms with E-state index in [9.17, 15) is 19.0 Å². The number of allylic oxidation sites excluding steroid dienone is 2. The number of unbranched alkanes of at least 4 members (excludes halogenated alkanes) is 56. The summed E-state index contributed by atoms with van der Waals surface area (Å²) in [5.41, 5.74) is 0. The smallest absolute Gasteiger partial charge is 0.462 e. The summed E-state index contributed by atoms with van der Waals surface area (Å²) in [4.78, 5) is 35.9. The minimum atomic E-state index is -4.39. The molecule has 0 aliphatic carbocycles. The first-order chi connectivity index (χ1) is 41.5. The molecule has 0 amide bonds. The normalized spacial score (nSPS) is 13.1. The SMILES string of the molecule is CCCCCCCCCC/C=C\CCCCCCCCCCCCCCCCCCCCCCCCCCCCCC(=O)OC(COC(=O)CCCCCCCCCCCCCCCCCCCCCCCC)COP(=O)(O)OCC[N+](C)(C)C. The maximum absolute atomic E-state index is 12.9. The van der Waals surface area contributed by atoms with Gasteiger partial charge >= 0.3 is 19.8 Å². The molecule has 0 spiro atoms. The van der Waals surface area contributed by atoms with Crippen LogP contribution in [0.4, 0.5) is 0 Å². The Hall–Kier alpha value is -1.25. The molecule has 0 bridgehead atoms. The maximum atomic E-state index is 12.9. The first kappa shape index (κ1) is 83.8. The van der Waals surface area contributed by atoms with E-state index in [4.69, 9.17) is 18.5 Å². The van der Waals surface area contributed by atoms with E-state index in [0.717, 1.165) is 38.5 Å². The van der Waals surface area contributed by atoms with Gasteiger partial charge in [-0.15, -0.1) is 0 Å². The summed E-state index contributed by atoms with van der Waals surface area (Å²) in [5, 5.41) is 0. The molecule has 9 nitrogen and oxygen atoms in total. The number of carbonyl (C=O) groups excluding carboxylic acids is 2. The summed E-state index contributed by atoms with van der Waals surface area (Å²) in [5.74, 6) is -0.768. The summed E-state index contributed by atoms with van der Waals surface area (Å²) < 4.78 is 34.8. The van der Waals surface area contributed by atoms with Gasteiger partial charge in [-0.1, -0.05) is 366 Å². The van der Waals surface area contributed by atoms with E-state index in [2.05, 4.69) is 26.0 Å². The highest BCUT2D eigenvalue weighted by atomic mass is 31.2. The van der Waals surface area contributed by atoms with Gasteiger partial charge in [0, 0.05) is 12.8 Å². The molecule has 0 aliphatic rings. The molecule has 0 aliphatic heterocycles. The number of carbonyl (C=O) groups is 2. The van der Waals surface area contributed by atoms with Crippen LogP contribution in [0.25, 0.3) is 0 Å². The van der Waals surface area contributed by atoms with E-state index in [1.165, 1.54) is 340 Å². The number of nitrogens with zero attached hydrogens (tertiary/aromatic N) is 1. The molecule has 2 unspecified atom stereocenters. The highest BCUT2D eigenvalue weighted by Gasteiger charge is 2.27. The predicted octanol–water partition coefficient (Wildman–Crippen LogP) is 24.7. The van der Waals surface area contributed by atoms with E-state index >= 15 is 0 Å². The van der Waals surface area contributed by atoms with Gasteiger partial charge in [0.15, 0.2) is 6.10 Å². The van der Waals surface area contributed by atoms with Crippen molar-refractivity contribution in [3.8, 4) is 0 Å². The second-order valence-electron chi connectivity index (χ2n) is 27.4. The molecule has 0 saturated heterocycles. The largest absolute Gasteiger partial charge is 0.472 e. The minimum absolute atomic E-state index is 0.0371. The van der Waals surface area contributed by atoms with Crippen molar-refractivity contribution in [2.24, 2.45) is 0 Å². The Balaban J connectivity index is 3.87. The molecule has 2 atom stereocenters. The summed E-state index contributed by atoms with van der Waals surface area (Å²) >= 11 is 0. The topological polar surface area (TPSA) is 108 Å². The molecule has 0 heterocycles. The first-order valence-corrected chi connectivity index (χ1v) is 39.4. The van der Waals surface area contributed by atoms with Crippen LogP contribution in [-0.2, 0) is 32.7 Å². The van der Waals surface area contributed by atoms with Crippen molar-refractivity contribution < 1.29 is 42.1 Å². The van der Waals surface area contributed by atoms with Gasteiger partial charge in [-0.05, 0) is 38.5 Å². The van der Waals surface area contributed by atoms with Crippen LogP contribution < -0.4 is 0 Å². The average molecular weight is 1220 g/mol. The van der Waals surface area contributed by atoms with Crippen LogP contribution in [0.2, 0.25) is 0 Å². The van der Waals surface area contributed by atoms with E-state index in [-0.39, 0.29) is 25.6 Å². The number of esters is 2. The molecule has 0 rings (SSSR count). The fourth-order valence-corrected chi connectivity index (χ4v) is 12.5. The standard InChI is InChI=1S/C75H148NO8P/c1-6-8-10-12-14-16-18-20-22-24-26-28-30-31-32-33-34-35-36-37-38-39-40-41-42-43-44-45-46-48-50-52-54-56-58-60-62-64-66-68-75(78)84-73(72-83-85(79,80)82-70-69-76(3,4)5)71-81-74(77)67-65-63-61-59-57-55-53-51-49-47-29-27-25-23-21-19-17-15-13-11-9-7-2/h24,26,73H,6-23,25,27-72H2,1-5H3/p+1/b26-24-. The zero-order valence-corrected chi connectivity index (χ0v) is 58.8. The van der Waals surface area contributed by atoms with Crippen molar-refractivity contribution in [1.82, 2.24) is 0 Å². The predicted molar refractivity (Wildman–Crippen MR) is 368 cm³/mol. The fourth-order valence-electron chi connectivity index (χ4n) is 11.7. The number of phosphoric acid groups is 1. The van der Waals surface area contributed by atoms with Gasteiger partial charge in [-0.2, -0.15) is 0 Å². The highest BCUT2D eigenvalue weighted by Crippen LogP contribution is 2.43. The molecule has 0 saturated carbocycles. The van der Waals surface area contributed by atoms with Crippen LogP contribution in [0.15, 0.2) is 12.2 Å². The lowest BCUT2D eigenvalue weighted by molar-refractivity contribution is -0.870. The average Bonchev–Trinajstić information content (AvgIpc) is 3.50. The van der Waals surface area contributed by atoms with Crippen molar-refractivity contribution in [2.45, 2.75) is 412 Å². The van der Waals surface area contributed by atoms with Gasteiger partial charge in [-0.3, -0.25) is 18.6 Å². The van der Waals surface area contributed by atoms with Gasteiger partial charge < -0.3 is 18.9 Å². The highest BCUT2D eigenvalue weighted by molar-refractivity contribution is 7.47. The Labute approximate surface area is 530 Å². The lowest BCUT2D eigenvalue weighted by Gasteiger charge is -2.24. The summed E-state index contributed by atoms with van der Waals surface area (Å²) in [7, 11) is 1.51. The van der Waals surface area contributed by atoms with E-state index < -0.39 is 26.5 Å². The van der Waals surface area contributed by atoms with Gasteiger partial charge in [0.25, 0.3) is 0 Å². The molecule has 1 N–H and O–H groups in total.